The fourth-order valence-electron chi connectivity index (χ4n) is 2.68. The Morgan fingerprint density at radius 3 is 2.86 bits per heavy atom. The van der Waals surface area contributed by atoms with Gasteiger partial charge >= 0.3 is 5.97 Å². The number of benzene rings is 1. The Balaban J connectivity index is 1.93. The molecule has 1 saturated heterocycles. The van der Waals surface area contributed by atoms with Crippen molar-refractivity contribution in [1.29, 1.82) is 0 Å². The van der Waals surface area contributed by atoms with Crippen LogP contribution in [-0.4, -0.2) is 34.5 Å². The number of carbonyl (C=O) groups excluding carboxylic acids is 1. The van der Waals surface area contributed by atoms with Crippen LogP contribution < -0.4 is 0 Å². The van der Waals surface area contributed by atoms with Crippen LogP contribution in [0.15, 0.2) is 24.3 Å². The number of likely N-dealkylation sites (tertiary alicyclic amines) is 1. The van der Waals surface area contributed by atoms with E-state index < -0.39 is 12.0 Å². The molecule has 1 aromatic heterocycles. The third-order valence-corrected chi connectivity index (χ3v) is 4.83. The van der Waals surface area contributed by atoms with Gasteiger partial charge in [-0.05, 0) is 42.8 Å². The normalized spacial score (nSPS) is 18.9. The third-order valence-electron chi connectivity index (χ3n) is 3.74. The summed E-state index contributed by atoms with van der Waals surface area (Å²) in [7, 11) is 0. The van der Waals surface area contributed by atoms with E-state index in [1.165, 1.54) is 28.4 Å². The molecule has 0 saturated carbocycles. The van der Waals surface area contributed by atoms with Crippen molar-refractivity contribution in [1.82, 2.24) is 4.90 Å². The number of carboxylic acids is 1. The number of hydrogen-bond acceptors (Lipinski definition) is 3. The Kier molecular flexibility index (Phi) is 3.63. The molecule has 0 spiro atoms. The molecule has 1 aliphatic rings. The summed E-state index contributed by atoms with van der Waals surface area (Å²) in [6.07, 6.45) is 2.12. The van der Waals surface area contributed by atoms with Gasteiger partial charge in [-0.1, -0.05) is 6.07 Å². The first-order valence-electron chi connectivity index (χ1n) is 6.79. The second-order valence-corrected chi connectivity index (χ2v) is 6.22. The zero-order valence-corrected chi connectivity index (χ0v) is 12.0. The summed E-state index contributed by atoms with van der Waals surface area (Å²) in [6.45, 7) is 0.457. The number of aliphatic carboxylic acids is 1. The number of hydrogen-bond donors (Lipinski definition) is 1. The Bertz CT molecular complexity index is 712. The number of piperidine rings is 1. The summed E-state index contributed by atoms with van der Waals surface area (Å²) in [5, 5.41) is 10.0. The summed E-state index contributed by atoms with van der Waals surface area (Å²) < 4.78 is 13.9. The van der Waals surface area contributed by atoms with Crippen LogP contribution >= 0.6 is 11.3 Å². The predicted octanol–water partition coefficient (Wildman–Crippen LogP) is 3.12. The smallest absolute Gasteiger partial charge is 0.326 e. The zero-order valence-electron chi connectivity index (χ0n) is 11.2. The second-order valence-electron chi connectivity index (χ2n) is 5.14. The van der Waals surface area contributed by atoms with Gasteiger partial charge in [0.25, 0.3) is 5.91 Å². The molecule has 2 aromatic rings. The van der Waals surface area contributed by atoms with Gasteiger partial charge in [0.05, 0.1) is 4.88 Å². The average molecular weight is 307 g/mol. The van der Waals surface area contributed by atoms with Crippen LogP contribution in [0.5, 0.6) is 0 Å². The van der Waals surface area contributed by atoms with Gasteiger partial charge in [-0.2, -0.15) is 0 Å². The highest BCUT2D eigenvalue weighted by molar-refractivity contribution is 7.20. The van der Waals surface area contributed by atoms with E-state index in [0.717, 1.165) is 18.2 Å². The van der Waals surface area contributed by atoms with E-state index in [-0.39, 0.29) is 11.7 Å². The van der Waals surface area contributed by atoms with E-state index in [1.54, 1.807) is 12.1 Å². The van der Waals surface area contributed by atoms with Crippen LogP contribution in [0.2, 0.25) is 0 Å². The fraction of sp³-hybridized carbons (Fsp3) is 0.333. The Labute approximate surface area is 124 Å². The second kappa shape index (κ2) is 5.44. The highest BCUT2D eigenvalue weighted by atomic mass is 32.1. The van der Waals surface area contributed by atoms with Crippen molar-refractivity contribution < 1.29 is 19.1 Å². The van der Waals surface area contributed by atoms with Crippen LogP contribution in [0.25, 0.3) is 10.1 Å². The Hall–Kier alpha value is -1.95. The van der Waals surface area contributed by atoms with Crippen molar-refractivity contribution in [2.24, 2.45) is 0 Å². The summed E-state index contributed by atoms with van der Waals surface area (Å²) in [4.78, 5) is 25.7. The summed E-state index contributed by atoms with van der Waals surface area (Å²) >= 11 is 1.20. The van der Waals surface area contributed by atoms with Crippen LogP contribution in [0.3, 0.4) is 0 Å². The Morgan fingerprint density at radius 1 is 1.29 bits per heavy atom. The van der Waals surface area contributed by atoms with E-state index in [2.05, 4.69) is 0 Å². The van der Waals surface area contributed by atoms with Gasteiger partial charge in [-0.25, -0.2) is 9.18 Å². The molecule has 1 aromatic carbocycles. The lowest BCUT2D eigenvalue weighted by Gasteiger charge is -2.32. The van der Waals surface area contributed by atoms with Crippen molar-refractivity contribution in [2.75, 3.05) is 6.54 Å². The largest absolute Gasteiger partial charge is 0.480 e. The first kappa shape index (κ1) is 14.0. The lowest BCUT2D eigenvalue weighted by Crippen LogP contribution is -2.47. The van der Waals surface area contributed by atoms with Crippen LogP contribution in [-0.2, 0) is 4.79 Å². The van der Waals surface area contributed by atoms with Gasteiger partial charge in [0, 0.05) is 11.2 Å². The summed E-state index contributed by atoms with van der Waals surface area (Å²) in [5.74, 6) is -1.58. The molecule has 3 rings (SSSR count). The quantitative estimate of drug-likeness (QED) is 0.927. The minimum absolute atomic E-state index is 0.274. The van der Waals surface area contributed by atoms with E-state index >= 15 is 0 Å². The van der Waals surface area contributed by atoms with Crippen LogP contribution in [0.1, 0.15) is 28.9 Å². The molecule has 2 heterocycles. The number of carboxylic acid groups (broad SMARTS) is 1. The molecule has 110 valence electrons. The summed E-state index contributed by atoms with van der Waals surface area (Å²) in [5.41, 5.74) is 0. The molecule has 4 nitrogen and oxygen atoms in total. The van der Waals surface area contributed by atoms with E-state index in [1.807, 2.05) is 0 Å². The topological polar surface area (TPSA) is 57.6 Å². The number of carbonyl (C=O) groups is 2. The first-order valence-corrected chi connectivity index (χ1v) is 7.61. The van der Waals surface area contributed by atoms with Gasteiger partial charge < -0.3 is 10.0 Å². The van der Waals surface area contributed by atoms with Gasteiger partial charge in [-0.3, -0.25) is 4.79 Å². The third kappa shape index (κ3) is 2.63. The van der Waals surface area contributed by atoms with Crippen molar-refractivity contribution in [3.63, 3.8) is 0 Å². The van der Waals surface area contributed by atoms with Crippen molar-refractivity contribution in [3.05, 3.63) is 35.0 Å². The molecule has 21 heavy (non-hydrogen) atoms. The lowest BCUT2D eigenvalue weighted by atomic mass is 10.0. The van der Waals surface area contributed by atoms with E-state index in [4.69, 9.17) is 0 Å². The zero-order chi connectivity index (χ0) is 15.0. The number of amides is 1. The maximum absolute atomic E-state index is 13.2. The molecule has 0 radical (unpaired) electrons. The van der Waals surface area contributed by atoms with Crippen molar-refractivity contribution >= 4 is 33.3 Å². The molecule has 1 aliphatic heterocycles. The first-order chi connectivity index (χ1) is 10.1. The lowest BCUT2D eigenvalue weighted by molar-refractivity contribution is -0.143. The summed E-state index contributed by atoms with van der Waals surface area (Å²) in [6, 6.07) is 5.32. The molecule has 0 bridgehead atoms. The highest BCUT2D eigenvalue weighted by Crippen LogP contribution is 2.29. The number of halogens is 1. The van der Waals surface area contributed by atoms with Gasteiger partial charge in [-0.15, -0.1) is 11.3 Å². The SMILES string of the molecule is O=C(O)C1CCCCN1C(=O)c1cc2ccc(F)cc2s1. The molecule has 1 unspecified atom stereocenters. The maximum Gasteiger partial charge on any atom is 0.326 e. The number of fused-ring (bicyclic) bond motifs is 1. The molecule has 6 heteroatoms. The van der Waals surface area contributed by atoms with E-state index in [0.29, 0.717) is 22.5 Å². The predicted molar refractivity (Wildman–Crippen MR) is 78.1 cm³/mol. The number of nitrogens with zero attached hydrogens (tertiary/aromatic N) is 1. The minimum atomic E-state index is -0.963. The van der Waals surface area contributed by atoms with Crippen LogP contribution in [0.4, 0.5) is 4.39 Å². The molecule has 0 aliphatic carbocycles. The van der Waals surface area contributed by atoms with Gasteiger partial charge in [0.1, 0.15) is 11.9 Å². The molecule has 1 atom stereocenters. The highest BCUT2D eigenvalue weighted by Gasteiger charge is 2.33. The number of thiophene rings is 1. The number of rotatable bonds is 2. The van der Waals surface area contributed by atoms with Crippen molar-refractivity contribution in [3.8, 4) is 0 Å². The van der Waals surface area contributed by atoms with Crippen LogP contribution in [0, 0.1) is 5.82 Å². The maximum atomic E-state index is 13.2. The molecular weight excluding hydrogens is 293 g/mol. The molecule has 1 amide bonds. The average Bonchev–Trinajstić information content (AvgIpc) is 2.89. The molecule has 1 N–H and O–H groups in total. The van der Waals surface area contributed by atoms with Gasteiger partial charge in [0.15, 0.2) is 0 Å². The monoisotopic (exact) mass is 307 g/mol. The van der Waals surface area contributed by atoms with Crippen molar-refractivity contribution in [2.45, 2.75) is 25.3 Å². The molecular formula is C15H14FNO3S. The standard InChI is InChI=1S/C15H14FNO3S/c16-10-5-4-9-7-13(21-12(9)8-10)14(18)17-6-2-1-3-11(17)15(19)20/h4-5,7-8,11H,1-3,6H2,(H,19,20). The van der Waals surface area contributed by atoms with Gasteiger partial charge in [0.2, 0.25) is 0 Å². The fourth-order valence-corrected chi connectivity index (χ4v) is 3.73. The minimum Gasteiger partial charge on any atom is -0.480 e. The molecule has 1 fully saturated rings. The Morgan fingerprint density at radius 2 is 2.10 bits per heavy atom. The van der Waals surface area contributed by atoms with E-state index in [9.17, 15) is 19.1 Å².